The van der Waals surface area contributed by atoms with Gasteiger partial charge in [0, 0.05) is 18.2 Å². The summed E-state index contributed by atoms with van der Waals surface area (Å²) in [7, 11) is 0. The minimum Gasteiger partial charge on any atom is -0.224 e. The van der Waals surface area contributed by atoms with Gasteiger partial charge in [-0.2, -0.15) is 0 Å². The van der Waals surface area contributed by atoms with Gasteiger partial charge in [-0.3, -0.25) is 0 Å². The standard InChI is InChI=1S/C15H21NS/c1-15(2,3)13-16-17-12-8-7-11-14-9-5-4-6-10-14/h4-6,8-10,12-13H,7,11H2,1-3H3/b12-8+,16-13+. The molecule has 0 N–H and O–H groups in total. The largest absolute Gasteiger partial charge is 0.224 e. The molecule has 0 atom stereocenters. The molecule has 0 bridgehead atoms. The molecule has 0 aliphatic carbocycles. The van der Waals surface area contributed by atoms with Crippen LogP contribution < -0.4 is 0 Å². The van der Waals surface area contributed by atoms with Crippen molar-refractivity contribution in [3.05, 3.63) is 47.4 Å². The van der Waals surface area contributed by atoms with Crippen molar-refractivity contribution in [2.24, 2.45) is 9.81 Å². The quantitative estimate of drug-likeness (QED) is 0.532. The molecular formula is C15H21NS. The maximum absolute atomic E-state index is 4.29. The molecule has 1 aromatic rings. The van der Waals surface area contributed by atoms with Crippen LogP contribution in [0.25, 0.3) is 0 Å². The normalized spacial score (nSPS) is 12.6. The first kappa shape index (κ1) is 14.0. The summed E-state index contributed by atoms with van der Waals surface area (Å²) in [4.78, 5) is 0. The van der Waals surface area contributed by atoms with Gasteiger partial charge in [-0.05, 0) is 29.2 Å². The van der Waals surface area contributed by atoms with Gasteiger partial charge in [-0.1, -0.05) is 57.2 Å². The van der Waals surface area contributed by atoms with Crippen LogP contribution in [0.2, 0.25) is 0 Å². The van der Waals surface area contributed by atoms with Crippen LogP contribution in [-0.2, 0) is 6.42 Å². The lowest BCUT2D eigenvalue weighted by Crippen LogP contribution is -2.04. The lowest BCUT2D eigenvalue weighted by atomic mass is 10.00. The molecular weight excluding hydrogens is 226 g/mol. The fraction of sp³-hybridized carbons (Fsp3) is 0.400. The van der Waals surface area contributed by atoms with Crippen LogP contribution >= 0.6 is 11.9 Å². The highest BCUT2D eigenvalue weighted by molar-refractivity contribution is 8.01. The highest BCUT2D eigenvalue weighted by Crippen LogP contribution is 2.13. The van der Waals surface area contributed by atoms with E-state index in [4.69, 9.17) is 0 Å². The highest BCUT2D eigenvalue weighted by Gasteiger charge is 2.03. The Kier molecular flexibility index (Phi) is 6.06. The fourth-order valence-electron chi connectivity index (χ4n) is 1.23. The van der Waals surface area contributed by atoms with Crippen molar-refractivity contribution < 1.29 is 0 Å². The van der Waals surface area contributed by atoms with Gasteiger partial charge >= 0.3 is 0 Å². The summed E-state index contributed by atoms with van der Waals surface area (Å²) in [6.45, 7) is 6.45. The van der Waals surface area contributed by atoms with E-state index in [2.05, 4.69) is 67.0 Å². The maximum Gasteiger partial charge on any atom is 0.0183 e. The molecule has 0 spiro atoms. The molecule has 0 radical (unpaired) electrons. The monoisotopic (exact) mass is 247 g/mol. The number of hydrogen-bond donors (Lipinski definition) is 0. The van der Waals surface area contributed by atoms with E-state index in [9.17, 15) is 0 Å². The average molecular weight is 247 g/mol. The SMILES string of the molecule is CC(C)(C)/C=N/S/C=C/CCc1ccccc1. The van der Waals surface area contributed by atoms with Crippen molar-refractivity contribution in [1.82, 2.24) is 0 Å². The van der Waals surface area contributed by atoms with E-state index in [1.165, 1.54) is 17.5 Å². The van der Waals surface area contributed by atoms with Crippen LogP contribution in [0.5, 0.6) is 0 Å². The zero-order chi connectivity index (χ0) is 12.6. The number of nitrogens with zero attached hydrogens (tertiary/aromatic N) is 1. The van der Waals surface area contributed by atoms with E-state index >= 15 is 0 Å². The summed E-state index contributed by atoms with van der Waals surface area (Å²) in [6, 6.07) is 10.6. The summed E-state index contributed by atoms with van der Waals surface area (Å²) in [6.07, 6.45) is 6.33. The van der Waals surface area contributed by atoms with Crippen molar-refractivity contribution in [2.75, 3.05) is 0 Å². The molecule has 0 aliphatic heterocycles. The lowest BCUT2D eigenvalue weighted by Gasteiger charge is -2.08. The Balaban J connectivity index is 2.17. The second-order valence-corrected chi connectivity index (χ2v) is 5.80. The summed E-state index contributed by atoms with van der Waals surface area (Å²) in [5, 5.41) is 2.06. The van der Waals surface area contributed by atoms with E-state index in [-0.39, 0.29) is 5.41 Å². The molecule has 1 nitrogen and oxygen atoms in total. The van der Waals surface area contributed by atoms with Gasteiger partial charge in [-0.25, -0.2) is 4.40 Å². The zero-order valence-electron chi connectivity index (χ0n) is 10.9. The molecule has 1 aromatic carbocycles. The Morgan fingerprint density at radius 1 is 1.18 bits per heavy atom. The maximum atomic E-state index is 4.29. The summed E-state index contributed by atoms with van der Waals surface area (Å²) >= 11 is 1.50. The molecule has 2 heteroatoms. The third-order valence-electron chi connectivity index (χ3n) is 2.10. The number of allylic oxidation sites excluding steroid dienone is 1. The Morgan fingerprint density at radius 2 is 1.88 bits per heavy atom. The molecule has 0 unspecified atom stereocenters. The minimum absolute atomic E-state index is 0.172. The number of hydrogen-bond acceptors (Lipinski definition) is 2. The highest BCUT2D eigenvalue weighted by atomic mass is 32.2. The molecule has 0 aliphatic rings. The first-order chi connectivity index (χ1) is 8.08. The van der Waals surface area contributed by atoms with Crippen LogP contribution in [0.3, 0.4) is 0 Å². The number of rotatable bonds is 5. The van der Waals surface area contributed by atoms with Gasteiger partial charge in [0.25, 0.3) is 0 Å². The van der Waals surface area contributed by atoms with Crippen molar-refractivity contribution in [2.45, 2.75) is 33.6 Å². The van der Waals surface area contributed by atoms with Crippen molar-refractivity contribution >= 4 is 18.2 Å². The van der Waals surface area contributed by atoms with Crippen LogP contribution in [-0.4, -0.2) is 6.21 Å². The van der Waals surface area contributed by atoms with E-state index in [0.717, 1.165) is 12.8 Å². The fourth-order valence-corrected chi connectivity index (χ4v) is 1.90. The molecule has 0 saturated carbocycles. The molecule has 0 aromatic heterocycles. The lowest BCUT2D eigenvalue weighted by molar-refractivity contribution is 0.608. The third-order valence-corrected chi connectivity index (χ3v) is 2.64. The predicted octanol–water partition coefficient (Wildman–Crippen LogP) is 4.90. The average Bonchev–Trinajstić information content (AvgIpc) is 2.28. The Bertz CT molecular complexity index is 360. The van der Waals surface area contributed by atoms with Crippen LogP contribution in [0, 0.1) is 5.41 Å². The smallest absolute Gasteiger partial charge is 0.0183 e. The van der Waals surface area contributed by atoms with Gasteiger partial charge in [0.2, 0.25) is 0 Å². The van der Waals surface area contributed by atoms with Crippen molar-refractivity contribution in [3.8, 4) is 0 Å². The predicted molar refractivity (Wildman–Crippen MR) is 79.4 cm³/mol. The van der Waals surface area contributed by atoms with Crippen molar-refractivity contribution in [1.29, 1.82) is 0 Å². The Hall–Kier alpha value is -1.02. The number of aryl methyl sites for hydroxylation is 1. The molecule has 0 saturated heterocycles. The number of benzene rings is 1. The van der Waals surface area contributed by atoms with E-state index < -0.39 is 0 Å². The molecule has 0 heterocycles. The second kappa shape index (κ2) is 7.33. The van der Waals surface area contributed by atoms with E-state index in [1.807, 2.05) is 6.21 Å². The molecule has 92 valence electrons. The summed E-state index contributed by atoms with van der Waals surface area (Å²) < 4.78 is 4.29. The molecule has 0 fully saturated rings. The summed E-state index contributed by atoms with van der Waals surface area (Å²) in [5.41, 5.74) is 1.56. The van der Waals surface area contributed by atoms with Gasteiger partial charge < -0.3 is 0 Å². The minimum atomic E-state index is 0.172. The van der Waals surface area contributed by atoms with Crippen molar-refractivity contribution in [3.63, 3.8) is 0 Å². The Morgan fingerprint density at radius 3 is 2.53 bits per heavy atom. The second-order valence-electron chi connectivity index (χ2n) is 5.10. The van der Waals surface area contributed by atoms with Gasteiger partial charge in [-0.15, -0.1) is 0 Å². The van der Waals surface area contributed by atoms with E-state index in [1.54, 1.807) is 0 Å². The van der Waals surface area contributed by atoms with Gasteiger partial charge in [0.1, 0.15) is 0 Å². The van der Waals surface area contributed by atoms with Crippen LogP contribution in [0.15, 0.2) is 46.2 Å². The van der Waals surface area contributed by atoms with Gasteiger partial charge in [0.15, 0.2) is 0 Å². The van der Waals surface area contributed by atoms with Gasteiger partial charge in [0.05, 0.1) is 0 Å². The zero-order valence-corrected chi connectivity index (χ0v) is 11.7. The first-order valence-electron chi connectivity index (χ1n) is 5.97. The van der Waals surface area contributed by atoms with Crippen LogP contribution in [0.4, 0.5) is 0 Å². The first-order valence-corrected chi connectivity index (χ1v) is 6.81. The third kappa shape index (κ3) is 7.81. The van der Waals surface area contributed by atoms with E-state index in [0.29, 0.717) is 0 Å². The topological polar surface area (TPSA) is 12.4 Å². The molecule has 0 amide bonds. The molecule has 17 heavy (non-hydrogen) atoms. The summed E-state index contributed by atoms with van der Waals surface area (Å²) in [5.74, 6) is 0. The Labute approximate surface area is 109 Å². The molecule has 1 rings (SSSR count). The van der Waals surface area contributed by atoms with Crippen LogP contribution in [0.1, 0.15) is 32.8 Å².